The number of aliphatic hydroxyl groups is 1. The highest BCUT2D eigenvalue weighted by atomic mass is 16.3. The van der Waals surface area contributed by atoms with Crippen molar-refractivity contribution < 1.29 is 5.11 Å². The number of nitrogens with zero attached hydrogens (tertiary/aromatic N) is 4. The Bertz CT molecular complexity index is 709. The lowest BCUT2D eigenvalue weighted by Crippen LogP contribution is -2.47. The van der Waals surface area contributed by atoms with Gasteiger partial charge in [-0.15, -0.1) is 0 Å². The first-order valence-electron chi connectivity index (χ1n) is 9.35. The summed E-state index contributed by atoms with van der Waals surface area (Å²) in [6.07, 6.45) is 2.65. The highest BCUT2D eigenvalue weighted by molar-refractivity contribution is 5.51. The van der Waals surface area contributed by atoms with Gasteiger partial charge in [-0.25, -0.2) is 4.98 Å². The Morgan fingerprint density at radius 1 is 1.12 bits per heavy atom. The number of hydrogen-bond donors (Lipinski definition) is 2. The largest absolute Gasteiger partial charge is 0.395 e. The summed E-state index contributed by atoms with van der Waals surface area (Å²) in [6.45, 7) is 8.97. The number of benzene rings is 1. The predicted molar refractivity (Wildman–Crippen MR) is 106 cm³/mol. The van der Waals surface area contributed by atoms with Crippen molar-refractivity contribution in [3.8, 4) is 0 Å². The normalized spacial score (nSPS) is 15.6. The molecule has 0 atom stereocenters. The number of piperazine rings is 1. The van der Waals surface area contributed by atoms with Crippen LogP contribution in [0.25, 0.3) is 0 Å². The summed E-state index contributed by atoms with van der Waals surface area (Å²) in [4.78, 5) is 13.3. The number of nitrogens with two attached hydrogens (primary N) is 1. The summed E-state index contributed by atoms with van der Waals surface area (Å²) >= 11 is 0. The van der Waals surface area contributed by atoms with E-state index >= 15 is 0 Å². The number of nitrogen functional groups attached to an aromatic ring is 1. The maximum atomic E-state index is 9.11. The van der Waals surface area contributed by atoms with Gasteiger partial charge in [-0.05, 0) is 17.0 Å². The monoisotopic (exact) mass is 355 g/mol. The molecule has 26 heavy (non-hydrogen) atoms. The van der Waals surface area contributed by atoms with E-state index in [1.54, 1.807) is 0 Å². The van der Waals surface area contributed by atoms with Gasteiger partial charge in [0, 0.05) is 50.9 Å². The molecule has 0 aliphatic carbocycles. The Hall–Kier alpha value is -2.18. The van der Waals surface area contributed by atoms with Crippen LogP contribution >= 0.6 is 0 Å². The molecular formula is C20H29N5O. The van der Waals surface area contributed by atoms with Crippen LogP contribution in [0.5, 0.6) is 0 Å². The van der Waals surface area contributed by atoms with Crippen LogP contribution in [-0.4, -0.2) is 59.3 Å². The van der Waals surface area contributed by atoms with Gasteiger partial charge >= 0.3 is 0 Å². The van der Waals surface area contributed by atoms with Gasteiger partial charge in [0.1, 0.15) is 5.82 Å². The fourth-order valence-corrected chi connectivity index (χ4v) is 3.37. The van der Waals surface area contributed by atoms with Crippen molar-refractivity contribution in [2.24, 2.45) is 0 Å². The van der Waals surface area contributed by atoms with Gasteiger partial charge in [-0.1, -0.05) is 38.1 Å². The van der Waals surface area contributed by atoms with Gasteiger partial charge in [0.15, 0.2) is 0 Å². The molecule has 1 fully saturated rings. The zero-order valence-electron chi connectivity index (χ0n) is 15.7. The minimum absolute atomic E-state index is 0.206. The van der Waals surface area contributed by atoms with Crippen molar-refractivity contribution in [3.05, 3.63) is 47.2 Å². The first-order valence-corrected chi connectivity index (χ1v) is 9.35. The molecule has 1 aromatic heterocycles. The van der Waals surface area contributed by atoms with Crippen LogP contribution in [0.4, 0.5) is 11.8 Å². The van der Waals surface area contributed by atoms with Crippen LogP contribution in [0.1, 0.15) is 36.5 Å². The molecule has 0 spiro atoms. The van der Waals surface area contributed by atoms with E-state index in [2.05, 4.69) is 57.9 Å². The molecule has 0 saturated carbocycles. The minimum atomic E-state index is 0.206. The standard InChI is InChI=1S/C20H29N5O/c1-15(2)17-5-3-16(4-6-17)13-18-14-22-20(21)23-19(18)25-9-7-24(8-10-25)11-12-26/h3-6,14-15,26H,7-13H2,1-2H3,(H2,21,22,23). The van der Waals surface area contributed by atoms with Crippen LogP contribution in [0.2, 0.25) is 0 Å². The topological polar surface area (TPSA) is 78.5 Å². The Morgan fingerprint density at radius 3 is 2.42 bits per heavy atom. The molecule has 3 N–H and O–H groups in total. The zero-order chi connectivity index (χ0) is 18.5. The van der Waals surface area contributed by atoms with Crippen molar-refractivity contribution in [2.75, 3.05) is 50.0 Å². The third kappa shape index (κ3) is 4.51. The number of anilines is 2. The molecule has 6 nitrogen and oxygen atoms in total. The van der Waals surface area contributed by atoms with Gasteiger partial charge in [0.25, 0.3) is 0 Å². The van der Waals surface area contributed by atoms with Crippen molar-refractivity contribution in [3.63, 3.8) is 0 Å². The van der Waals surface area contributed by atoms with Crippen molar-refractivity contribution in [1.29, 1.82) is 0 Å². The van der Waals surface area contributed by atoms with E-state index in [0.717, 1.165) is 50.5 Å². The Kier molecular flexibility index (Phi) is 6.06. The molecule has 0 bridgehead atoms. The highest BCUT2D eigenvalue weighted by Crippen LogP contribution is 2.23. The highest BCUT2D eigenvalue weighted by Gasteiger charge is 2.20. The Morgan fingerprint density at radius 2 is 1.81 bits per heavy atom. The van der Waals surface area contributed by atoms with E-state index in [4.69, 9.17) is 10.8 Å². The quantitative estimate of drug-likeness (QED) is 0.824. The van der Waals surface area contributed by atoms with E-state index in [1.165, 1.54) is 11.1 Å². The molecule has 1 saturated heterocycles. The summed E-state index contributed by atoms with van der Waals surface area (Å²) in [5.74, 6) is 1.79. The summed E-state index contributed by atoms with van der Waals surface area (Å²) in [5, 5.41) is 9.11. The number of aromatic nitrogens is 2. The lowest BCUT2D eigenvalue weighted by molar-refractivity contribution is 0.188. The molecule has 1 aliphatic heterocycles. The lowest BCUT2D eigenvalue weighted by Gasteiger charge is -2.35. The fourth-order valence-electron chi connectivity index (χ4n) is 3.37. The molecule has 1 aromatic carbocycles. The van der Waals surface area contributed by atoms with Crippen LogP contribution in [-0.2, 0) is 6.42 Å². The number of hydrogen-bond acceptors (Lipinski definition) is 6. The second kappa shape index (κ2) is 8.47. The molecule has 3 rings (SSSR count). The van der Waals surface area contributed by atoms with Crippen LogP contribution in [0, 0.1) is 0 Å². The van der Waals surface area contributed by atoms with Gasteiger partial charge in [-0.2, -0.15) is 4.98 Å². The molecule has 2 heterocycles. The summed E-state index contributed by atoms with van der Waals surface area (Å²) in [6, 6.07) is 8.78. The van der Waals surface area contributed by atoms with E-state index in [9.17, 15) is 0 Å². The molecule has 140 valence electrons. The summed E-state index contributed by atoms with van der Waals surface area (Å²) in [7, 11) is 0. The first-order chi connectivity index (χ1) is 12.6. The SMILES string of the molecule is CC(C)c1ccc(Cc2cnc(N)nc2N2CCN(CCO)CC2)cc1. The van der Waals surface area contributed by atoms with Gasteiger partial charge in [0.05, 0.1) is 6.61 Å². The number of aliphatic hydroxyl groups excluding tert-OH is 1. The van der Waals surface area contributed by atoms with E-state index in [1.807, 2.05) is 6.20 Å². The van der Waals surface area contributed by atoms with Crippen LogP contribution in [0.3, 0.4) is 0 Å². The number of rotatable bonds is 6. The van der Waals surface area contributed by atoms with E-state index in [0.29, 0.717) is 11.9 Å². The molecule has 6 heteroatoms. The van der Waals surface area contributed by atoms with Gasteiger partial charge in [0.2, 0.25) is 5.95 Å². The lowest BCUT2D eigenvalue weighted by atomic mass is 9.99. The molecule has 1 aliphatic rings. The Labute approximate surface area is 155 Å². The smallest absolute Gasteiger partial charge is 0.221 e. The molecular weight excluding hydrogens is 326 g/mol. The average molecular weight is 355 g/mol. The van der Waals surface area contributed by atoms with E-state index in [-0.39, 0.29) is 6.61 Å². The molecule has 0 radical (unpaired) electrons. The third-order valence-electron chi connectivity index (χ3n) is 4.99. The second-order valence-corrected chi connectivity index (χ2v) is 7.20. The second-order valence-electron chi connectivity index (χ2n) is 7.20. The Balaban J connectivity index is 1.76. The van der Waals surface area contributed by atoms with E-state index < -0.39 is 0 Å². The summed E-state index contributed by atoms with van der Waals surface area (Å²) < 4.78 is 0. The minimum Gasteiger partial charge on any atom is -0.395 e. The first kappa shape index (κ1) is 18.6. The van der Waals surface area contributed by atoms with Crippen molar-refractivity contribution >= 4 is 11.8 Å². The van der Waals surface area contributed by atoms with Gasteiger partial charge in [-0.3, -0.25) is 4.90 Å². The van der Waals surface area contributed by atoms with Gasteiger partial charge < -0.3 is 15.7 Å². The maximum Gasteiger partial charge on any atom is 0.221 e. The van der Waals surface area contributed by atoms with Crippen LogP contribution < -0.4 is 10.6 Å². The fraction of sp³-hybridized carbons (Fsp3) is 0.500. The average Bonchev–Trinajstić information content (AvgIpc) is 2.64. The summed E-state index contributed by atoms with van der Waals surface area (Å²) in [5.41, 5.74) is 9.57. The number of β-amino-alcohol motifs (C(OH)–C–C–N with tert-alkyl or cyclic N) is 1. The third-order valence-corrected chi connectivity index (χ3v) is 4.99. The maximum absolute atomic E-state index is 9.11. The molecule has 0 unspecified atom stereocenters. The van der Waals surface area contributed by atoms with Crippen molar-refractivity contribution in [2.45, 2.75) is 26.2 Å². The predicted octanol–water partition coefficient (Wildman–Crippen LogP) is 1.89. The zero-order valence-corrected chi connectivity index (χ0v) is 15.7. The molecule has 0 amide bonds. The molecule has 2 aromatic rings. The van der Waals surface area contributed by atoms with Crippen molar-refractivity contribution in [1.82, 2.24) is 14.9 Å². The van der Waals surface area contributed by atoms with Crippen LogP contribution in [0.15, 0.2) is 30.5 Å².